The average molecular weight is 425 g/mol. The van der Waals surface area contributed by atoms with Gasteiger partial charge in [0.2, 0.25) is 0 Å². The van der Waals surface area contributed by atoms with Crippen LogP contribution in [0.4, 0.5) is 14.5 Å². The van der Waals surface area contributed by atoms with Gasteiger partial charge in [0.1, 0.15) is 22.5 Å². The van der Waals surface area contributed by atoms with Crippen LogP contribution in [0.25, 0.3) is 0 Å². The van der Waals surface area contributed by atoms with E-state index in [1.165, 1.54) is 11.6 Å². The van der Waals surface area contributed by atoms with E-state index in [0.717, 1.165) is 12.1 Å². The molecule has 2 rings (SSSR count). The number of amides is 1. The lowest BCUT2D eigenvalue weighted by atomic mass is 10.3. The molecule has 2 N–H and O–H groups in total. The minimum Gasteiger partial charge on any atom is -0.372 e. The molecule has 0 aliphatic rings. The number of hydrogen-bond donors (Lipinski definition) is 2. The first-order valence-electron chi connectivity index (χ1n) is 5.69. The maximum atomic E-state index is 13.5. The van der Waals surface area contributed by atoms with Crippen LogP contribution in [0.15, 0.2) is 27.3 Å². The molecule has 1 heterocycles. The zero-order valence-corrected chi connectivity index (χ0v) is 13.7. The Bertz CT molecular complexity index is 704. The summed E-state index contributed by atoms with van der Waals surface area (Å²) >= 11 is 6.33. The summed E-state index contributed by atoms with van der Waals surface area (Å²) in [5, 5.41) is 15.7. The van der Waals surface area contributed by atoms with Crippen molar-refractivity contribution >= 4 is 43.5 Å². The molecule has 1 aromatic heterocycles. The highest BCUT2D eigenvalue weighted by atomic mass is 79.9. The van der Waals surface area contributed by atoms with E-state index in [1.807, 2.05) is 0 Å². The fourth-order valence-corrected chi connectivity index (χ4v) is 2.56. The first-order valence-corrected chi connectivity index (χ1v) is 7.28. The first-order chi connectivity index (χ1) is 9.81. The zero-order valence-electron chi connectivity index (χ0n) is 10.6. The third-order valence-corrected chi connectivity index (χ3v) is 4.59. The second-order valence-electron chi connectivity index (χ2n) is 4.11. The van der Waals surface area contributed by atoms with Crippen LogP contribution in [0.2, 0.25) is 0 Å². The molecular weight excluding hydrogens is 416 g/mol. The molecule has 1 atom stereocenters. The van der Waals surface area contributed by atoms with Gasteiger partial charge in [-0.05, 0) is 50.9 Å². The standard InChI is InChI=1S/C12H9Br2F2N3O2/c1-5(20)19-11(14)9(13)10(18-19)12(21)17-8-3-2-6(15)4-7(8)16/h2-5,20H,1H3,(H,17,21). The Morgan fingerprint density at radius 2 is 2.10 bits per heavy atom. The number of anilines is 1. The molecule has 112 valence electrons. The smallest absolute Gasteiger partial charge is 0.277 e. The van der Waals surface area contributed by atoms with Crippen molar-refractivity contribution in [3.8, 4) is 0 Å². The minimum absolute atomic E-state index is 0.0495. The summed E-state index contributed by atoms with van der Waals surface area (Å²) in [6.45, 7) is 1.46. The van der Waals surface area contributed by atoms with E-state index < -0.39 is 23.8 Å². The van der Waals surface area contributed by atoms with E-state index in [-0.39, 0.29) is 11.4 Å². The van der Waals surface area contributed by atoms with E-state index >= 15 is 0 Å². The predicted octanol–water partition coefficient (Wildman–Crippen LogP) is 3.45. The molecule has 2 aromatic rings. The summed E-state index contributed by atoms with van der Waals surface area (Å²) in [5.74, 6) is -2.34. The van der Waals surface area contributed by atoms with Crippen LogP contribution in [0, 0.1) is 11.6 Å². The van der Waals surface area contributed by atoms with Crippen LogP contribution < -0.4 is 5.32 Å². The maximum Gasteiger partial charge on any atom is 0.277 e. The van der Waals surface area contributed by atoms with Gasteiger partial charge in [-0.2, -0.15) is 5.10 Å². The van der Waals surface area contributed by atoms with Crippen molar-refractivity contribution in [2.24, 2.45) is 0 Å². The third-order valence-electron chi connectivity index (χ3n) is 2.55. The zero-order chi connectivity index (χ0) is 15.7. The van der Waals surface area contributed by atoms with E-state index in [2.05, 4.69) is 42.3 Å². The molecule has 0 bridgehead atoms. The third kappa shape index (κ3) is 3.30. The number of halogens is 4. The molecule has 0 radical (unpaired) electrons. The van der Waals surface area contributed by atoms with Gasteiger partial charge in [-0.3, -0.25) is 4.79 Å². The number of nitrogens with one attached hydrogen (secondary N) is 1. The average Bonchev–Trinajstić information content (AvgIpc) is 2.70. The van der Waals surface area contributed by atoms with Crippen molar-refractivity contribution in [2.45, 2.75) is 13.2 Å². The lowest BCUT2D eigenvalue weighted by Gasteiger charge is -2.05. The van der Waals surface area contributed by atoms with Crippen molar-refractivity contribution in [3.63, 3.8) is 0 Å². The second-order valence-corrected chi connectivity index (χ2v) is 5.65. The lowest BCUT2D eigenvalue weighted by Crippen LogP contribution is -2.15. The maximum absolute atomic E-state index is 13.5. The molecule has 0 spiro atoms. The van der Waals surface area contributed by atoms with Gasteiger partial charge in [-0.25, -0.2) is 13.5 Å². The summed E-state index contributed by atoms with van der Waals surface area (Å²) in [6, 6.07) is 2.80. The van der Waals surface area contributed by atoms with Crippen LogP contribution in [0.3, 0.4) is 0 Å². The van der Waals surface area contributed by atoms with Crippen LogP contribution in [-0.2, 0) is 0 Å². The molecule has 9 heteroatoms. The highest BCUT2D eigenvalue weighted by Gasteiger charge is 2.22. The van der Waals surface area contributed by atoms with Crippen LogP contribution >= 0.6 is 31.9 Å². The van der Waals surface area contributed by atoms with Gasteiger partial charge in [0.05, 0.1) is 10.2 Å². The van der Waals surface area contributed by atoms with Crippen molar-refractivity contribution in [3.05, 3.63) is 44.6 Å². The molecule has 0 saturated heterocycles. The predicted molar refractivity (Wildman–Crippen MR) is 78.9 cm³/mol. The van der Waals surface area contributed by atoms with Crippen LogP contribution in [0.1, 0.15) is 23.6 Å². The summed E-state index contributed by atoms with van der Waals surface area (Å²) in [4.78, 5) is 12.1. The molecule has 1 unspecified atom stereocenters. The highest BCUT2D eigenvalue weighted by molar-refractivity contribution is 9.13. The Balaban J connectivity index is 2.31. The fourth-order valence-electron chi connectivity index (χ4n) is 1.56. The number of aliphatic hydroxyl groups excluding tert-OH is 1. The van der Waals surface area contributed by atoms with Gasteiger partial charge in [-0.1, -0.05) is 0 Å². The largest absolute Gasteiger partial charge is 0.372 e. The first kappa shape index (κ1) is 16.1. The molecule has 0 aliphatic heterocycles. The Kier molecular flexibility index (Phi) is 4.74. The van der Waals surface area contributed by atoms with E-state index in [9.17, 15) is 18.7 Å². The Hall–Kier alpha value is -1.32. The summed E-state index contributed by atoms with van der Waals surface area (Å²) in [7, 11) is 0. The van der Waals surface area contributed by atoms with Crippen molar-refractivity contribution in [2.75, 3.05) is 5.32 Å². The topological polar surface area (TPSA) is 67.1 Å². The highest BCUT2D eigenvalue weighted by Crippen LogP contribution is 2.29. The van der Waals surface area contributed by atoms with E-state index in [1.54, 1.807) is 0 Å². The monoisotopic (exact) mass is 423 g/mol. The molecule has 1 aromatic carbocycles. The molecule has 21 heavy (non-hydrogen) atoms. The van der Waals surface area contributed by atoms with Crippen molar-refractivity contribution in [1.82, 2.24) is 9.78 Å². The normalized spacial score (nSPS) is 12.3. The Labute approximate surface area is 135 Å². The fraction of sp³-hybridized carbons (Fsp3) is 0.167. The second kappa shape index (κ2) is 6.20. The number of benzene rings is 1. The summed E-state index contributed by atoms with van der Waals surface area (Å²) in [6.07, 6.45) is -0.959. The van der Waals surface area contributed by atoms with E-state index in [4.69, 9.17) is 0 Å². The van der Waals surface area contributed by atoms with Crippen molar-refractivity contribution < 1.29 is 18.7 Å². The van der Waals surface area contributed by atoms with Crippen LogP contribution in [-0.4, -0.2) is 20.8 Å². The molecule has 1 amide bonds. The molecule has 0 saturated carbocycles. The van der Waals surface area contributed by atoms with Gasteiger partial charge >= 0.3 is 0 Å². The number of hydrogen-bond acceptors (Lipinski definition) is 3. The molecular formula is C12H9Br2F2N3O2. The SMILES string of the molecule is CC(O)n1nc(C(=O)Nc2ccc(F)cc2F)c(Br)c1Br. The lowest BCUT2D eigenvalue weighted by molar-refractivity contribution is 0.0993. The molecule has 5 nitrogen and oxygen atoms in total. The van der Waals surface area contributed by atoms with E-state index in [0.29, 0.717) is 15.1 Å². The summed E-state index contributed by atoms with van der Waals surface area (Å²) < 4.78 is 28.1. The molecule has 0 aliphatic carbocycles. The Morgan fingerprint density at radius 1 is 1.43 bits per heavy atom. The summed E-state index contributed by atoms with van der Waals surface area (Å²) in [5.41, 5.74) is -0.220. The number of aliphatic hydroxyl groups is 1. The quantitative estimate of drug-likeness (QED) is 0.792. The Morgan fingerprint density at radius 3 is 2.62 bits per heavy atom. The molecule has 0 fully saturated rings. The van der Waals surface area contributed by atoms with Crippen molar-refractivity contribution in [1.29, 1.82) is 0 Å². The van der Waals surface area contributed by atoms with Gasteiger partial charge in [0.15, 0.2) is 5.69 Å². The number of aromatic nitrogens is 2. The van der Waals surface area contributed by atoms with Gasteiger partial charge in [0, 0.05) is 6.07 Å². The minimum atomic E-state index is -0.959. The number of carbonyl (C=O) groups excluding carboxylic acids is 1. The number of carbonyl (C=O) groups is 1. The van der Waals surface area contributed by atoms with Crippen LogP contribution in [0.5, 0.6) is 0 Å². The van der Waals surface area contributed by atoms with Gasteiger partial charge in [-0.15, -0.1) is 0 Å². The number of rotatable bonds is 3. The van der Waals surface area contributed by atoms with Gasteiger partial charge in [0.25, 0.3) is 5.91 Å². The van der Waals surface area contributed by atoms with Gasteiger partial charge < -0.3 is 10.4 Å². The number of nitrogens with zero attached hydrogens (tertiary/aromatic N) is 2.